The Hall–Kier alpha value is -1.22. The number of amidine groups is 1. The van der Waals surface area contributed by atoms with E-state index in [4.69, 9.17) is 27.5 Å². The van der Waals surface area contributed by atoms with Crippen LogP contribution in [0.5, 0.6) is 5.75 Å². The average molecular weight is 311 g/mol. The zero-order valence-electron chi connectivity index (χ0n) is 13.0. The Labute approximate surface area is 133 Å². The molecule has 0 unspecified atom stereocenters. The van der Waals surface area contributed by atoms with E-state index in [9.17, 15) is 0 Å². The largest absolute Gasteiger partial charge is 0.493 e. The Bertz CT molecular complexity index is 435. The van der Waals surface area contributed by atoms with Gasteiger partial charge in [-0.25, -0.2) is 0 Å². The monoisotopic (exact) mass is 310 g/mol. The number of nitrogen functional groups attached to an aromatic ring is 1. The molecule has 3 N–H and O–H groups in total. The van der Waals surface area contributed by atoms with Crippen molar-refractivity contribution in [3.63, 3.8) is 0 Å². The number of nitrogens with two attached hydrogens (primary N) is 1. The minimum absolute atomic E-state index is 0.0117. The summed E-state index contributed by atoms with van der Waals surface area (Å²) in [6.07, 6.45) is 10.1. The van der Waals surface area contributed by atoms with E-state index in [1.807, 2.05) is 0 Å². The highest BCUT2D eigenvalue weighted by molar-refractivity contribution is 6.30. The van der Waals surface area contributed by atoms with Crippen molar-refractivity contribution in [1.82, 2.24) is 0 Å². The van der Waals surface area contributed by atoms with Crippen molar-refractivity contribution >= 4 is 17.4 Å². The van der Waals surface area contributed by atoms with Crippen LogP contribution in [-0.4, -0.2) is 12.4 Å². The Morgan fingerprint density at radius 1 is 1.10 bits per heavy atom. The van der Waals surface area contributed by atoms with Crippen LogP contribution in [-0.2, 0) is 0 Å². The van der Waals surface area contributed by atoms with E-state index < -0.39 is 0 Å². The van der Waals surface area contributed by atoms with Gasteiger partial charge in [-0.15, -0.1) is 0 Å². The molecule has 0 fully saturated rings. The molecular formula is C17H27ClN2O. The Morgan fingerprint density at radius 2 is 1.71 bits per heavy atom. The molecule has 118 valence electrons. The molecule has 1 aromatic rings. The van der Waals surface area contributed by atoms with Gasteiger partial charge < -0.3 is 10.5 Å². The molecule has 0 aliphatic carbocycles. The number of rotatable bonds is 11. The number of halogens is 1. The topological polar surface area (TPSA) is 59.1 Å². The van der Waals surface area contributed by atoms with Gasteiger partial charge >= 0.3 is 0 Å². The highest BCUT2D eigenvalue weighted by atomic mass is 35.5. The summed E-state index contributed by atoms with van der Waals surface area (Å²) < 4.78 is 5.72. The molecule has 0 atom stereocenters. The SMILES string of the molecule is CCCCCCCCCCOc1cc(Cl)ccc1C(=N)N. The van der Waals surface area contributed by atoms with Crippen LogP contribution in [0.1, 0.15) is 63.9 Å². The van der Waals surface area contributed by atoms with Crippen molar-refractivity contribution in [3.8, 4) is 5.75 Å². The normalized spacial score (nSPS) is 10.6. The fourth-order valence-corrected chi connectivity index (χ4v) is 2.42. The molecule has 0 saturated carbocycles. The zero-order chi connectivity index (χ0) is 15.5. The van der Waals surface area contributed by atoms with Gasteiger partial charge in [0, 0.05) is 5.02 Å². The molecule has 1 rings (SSSR count). The summed E-state index contributed by atoms with van der Waals surface area (Å²) in [5.74, 6) is 0.621. The van der Waals surface area contributed by atoms with E-state index in [2.05, 4.69) is 6.92 Å². The lowest BCUT2D eigenvalue weighted by Gasteiger charge is -2.11. The first kappa shape index (κ1) is 17.8. The van der Waals surface area contributed by atoms with Crippen LogP contribution in [0.4, 0.5) is 0 Å². The Balaban J connectivity index is 2.21. The van der Waals surface area contributed by atoms with Crippen LogP contribution in [0, 0.1) is 5.41 Å². The molecule has 3 nitrogen and oxygen atoms in total. The lowest BCUT2D eigenvalue weighted by molar-refractivity contribution is 0.303. The van der Waals surface area contributed by atoms with Gasteiger partial charge in [0.15, 0.2) is 0 Å². The minimum Gasteiger partial charge on any atom is -0.493 e. The summed E-state index contributed by atoms with van der Waals surface area (Å²) in [4.78, 5) is 0. The molecule has 0 spiro atoms. The van der Waals surface area contributed by atoms with E-state index in [1.165, 1.54) is 44.9 Å². The minimum atomic E-state index is 0.0117. The van der Waals surface area contributed by atoms with Crippen molar-refractivity contribution < 1.29 is 4.74 Å². The summed E-state index contributed by atoms with van der Waals surface area (Å²) >= 11 is 5.95. The summed E-state index contributed by atoms with van der Waals surface area (Å²) in [5.41, 5.74) is 6.14. The van der Waals surface area contributed by atoms with Gasteiger partial charge in [-0.1, -0.05) is 63.5 Å². The molecule has 0 saturated heterocycles. The highest BCUT2D eigenvalue weighted by Crippen LogP contribution is 2.23. The zero-order valence-corrected chi connectivity index (χ0v) is 13.7. The highest BCUT2D eigenvalue weighted by Gasteiger charge is 2.07. The van der Waals surface area contributed by atoms with E-state index in [1.54, 1.807) is 18.2 Å². The smallest absolute Gasteiger partial charge is 0.131 e. The summed E-state index contributed by atoms with van der Waals surface area (Å²) in [6.45, 7) is 2.89. The molecule has 0 bridgehead atoms. The van der Waals surface area contributed by atoms with Crippen LogP contribution >= 0.6 is 11.6 Å². The van der Waals surface area contributed by atoms with Crippen LogP contribution in [0.3, 0.4) is 0 Å². The van der Waals surface area contributed by atoms with E-state index in [0.717, 1.165) is 6.42 Å². The predicted octanol–water partition coefficient (Wildman–Crippen LogP) is 5.14. The van der Waals surface area contributed by atoms with Crippen molar-refractivity contribution in [2.24, 2.45) is 5.73 Å². The number of hydrogen-bond acceptors (Lipinski definition) is 2. The third-order valence-corrected chi connectivity index (χ3v) is 3.72. The average Bonchev–Trinajstić information content (AvgIpc) is 2.45. The van der Waals surface area contributed by atoms with Crippen molar-refractivity contribution in [1.29, 1.82) is 5.41 Å². The lowest BCUT2D eigenvalue weighted by atomic mass is 10.1. The lowest BCUT2D eigenvalue weighted by Crippen LogP contribution is -2.13. The van der Waals surface area contributed by atoms with Gasteiger partial charge in [-0.3, -0.25) is 5.41 Å². The summed E-state index contributed by atoms with van der Waals surface area (Å²) in [6, 6.07) is 5.18. The molecule has 1 aromatic carbocycles. The third kappa shape index (κ3) is 7.37. The summed E-state index contributed by atoms with van der Waals surface area (Å²) in [7, 11) is 0. The Kier molecular flexibility index (Phi) is 8.91. The molecule has 21 heavy (non-hydrogen) atoms. The molecular weight excluding hydrogens is 284 g/mol. The van der Waals surface area contributed by atoms with Crippen LogP contribution in [0.15, 0.2) is 18.2 Å². The van der Waals surface area contributed by atoms with E-state index in [-0.39, 0.29) is 5.84 Å². The van der Waals surface area contributed by atoms with Gasteiger partial charge in [0.2, 0.25) is 0 Å². The number of unbranched alkanes of at least 4 members (excludes halogenated alkanes) is 7. The van der Waals surface area contributed by atoms with E-state index in [0.29, 0.717) is 22.9 Å². The van der Waals surface area contributed by atoms with E-state index >= 15 is 0 Å². The molecule has 4 heteroatoms. The van der Waals surface area contributed by atoms with Crippen LogP contribution < -0.4 is 10.5 Å². The second-order valence-electron chi connectivity index (χ2n) is 5.38. The number of benzene rings is 1. The fraction of sp³-hybridized carbons (Fsp3) is 0.588. The molecule has 0 heterocycles. The second-order valence-corrected chi connectivity index (χ2v) is 5.81. The third-order valence-electron chi connectivity index (χ3n) is 3.49. The van der Waals surface area contributed by atoms with Crippen LogP contribution in [0.25, 0.3) is 0 Å². The standard InChI is InChI=1S/C17H27ClN2O/c1-2-3-4-5-6-7-8-9-12-21-16-13-14(18)10-11-15(16)17(19)20/h10-11,13H,2-9,12H2,1H3,(H3,19,20). The first-order chi connectivity index (χ1) is 10.1. The Morgan fingerprint density at radius 3 is 2.33 bits per heavy atom. The molecule has 0 amide bonds. The predicted molar refractivity (Wildman–Crippen MR) is 90.6 cm³/mol. The second kappa shape index (κ2) is 10.5. The van der Waals surface area contributed by atoms with Gasteiger partial charge in [0.05, 0.1) is 12.2 Å². The molecule has 0 aromatic heterocycles. The van der Waals surface area contributed by atoms with Gasteiger partial charge in [-0.2, -0.15) is 0 Å². The maximum Gasteiger partial charge on any atom is 0.131 e. The number of nitrogens with one attached hydrogen (secondary N) is 1. The van der Waals surface area contributed by atoms with Gasteiger partial charge in [0.25, 0.3) is 0 Å². The number of ether oxygens (including phenoxy) is 1. The van der Waals surface area contributed by atoms with Crippen molar-refractivity contribution in [2.75, 3.05) is 6.61 Å². The van der Waals surface area contributed by atoms with Gasteiger partial charge in [0.1, 0.15) is 11.6 Å². The first-order valence-electron chi connectivity index (χ1n) is 7.92. The molecule has 0 aliphatic rings. The van der Waals surface area contributed by atoms with Crippen LogP contribution in [0.2, 0.25) is 5.02 Å². The van der Waals surface area contributed by atoms with Gasteiger partial charge in [-0.05, 0) is 24.6 Å². The maximum atomic E-state index is 7.53. The number of hydrogen-bond donors (Lipinski definition) is 2. The fourth-order valence-electron chi connectivity index (χ4n) is 2.26. The maximum absolute atomic E-state index is 7.53. The van der Waals surface area contributed by atoms with Crippen molar-refractivity contribution in [2.45, 2.75) is 58.3 Å². The first-order valence-corrected chi connectivity index (χ1v) is 8.29. The molecule has 0 aliphatic heterocycles. The molecule has 0 radical (unpaired) electrons. The quantitative estimate of drug-likeness (QED) is 0.337. The van der Waals surface area contributed by atoms with Crippen molar-refractivity contribution in [3.05, 3.63) is 28.8 Å². The summed E-state index contributed by atoms with van der Waals surface area (Å²) in [5, 5.41) is 8.13.